The van der Waals surface area contributed by atoms with Crippen molar-refractivity contribution in [2.75, 3.05) is 36.8 Å². The van der Waals surface area contributed by atoms with Gasteiger partial charge in [-0.15, -0.1) is 11.3 Å². The highest BCUT2D eigenvalue weighted by Crippen LogP contribution is 2.29. The highest BCUT2D eigenvalue weighted by atomic mass is 35.5. The lowest BCUT2D eigenvalue weighted by Crippen LogP contribution is -2.45. The first-order chi connectivity index (χ1) is 15.2. The fourth-order valence-corrected chi connectivity index (χ4v) is 6.59. The second-order valence-electron chi connectivity index (χ2n) is 7.42. The number of halogens is 1. The van der Waals surface area contributed by atoms with Crippen molar-refractivity contribution in [3.8, 4) is 0 Å². The number of benzene rings is 1. The zero-order valence-corrected chi connectivity index (χ0v) is 20.4. The molecule has 32 heavy (non-hydrogen) atoms. The largest absolute Gasteiger partial charge is 0.326 e. The van der Waals surface area contributed by atoms with Gasteiger partial charge in [0.15, 0.2) is 0 Å². The van der Waals surface area contributed by atoms with E-state index in [1.165, 1.54) is 10.4 Å². The van der Waals surface area contributed by atoms with Crippen LogP contribution in [0.25, 0.3) is 0 Å². The number of sulfonamides is 1. The molecule has 2 N–H and O–H groups in total. The van der Waals surface area contributed by atoms with Crippen molar-refractivity contribution >= 4 is 55.6 Å². The lowest BCUT2D eigenvalue weighted by molar-refractivity contribution is -0.121. The molecular formula is C21H27ClN4O4S2. The van der Waals surface area contributed by atoms with Gasteiger partial charge in [-0.1, -0.05) is 31.5 Å². The number of amides is 3. The maximum Gasteiger partial charge on any atom is 0.322 e. The second kappa shape index (κ2) is 10.7. The molecule has 11 heteroatoms. The van der Waals surface area contributed by atoms with Gasteiger partial charge in [0.05, 0.1) is 10.9 Å². The van der Waals surface area contributed by atoms with Gasteiger partial charge in [-0.05, 0) is 43.2 Å². The predicted molar refractivity (Wildman–Crippen MR) is 128 cm³/mol. The SMILES string of the molecule is CCN(CC)S(=O)(=O)c1ccc(NC(=O)N2CCC[C@@H](C(=O)Nc3cccc(Cl)c3)C2)s1. The lowest BCUT2D eigenvalue weighted by atomic mass is 9.97. The van der Waals surface area contributed by atoms with Gasteiger partial charge in [-0.25, -0.2) is 13.2 Å². The van der Waals surface area contributed by atoms with E-state index in [1.807, 2.05) is 0 Å². The molecule has 0 saturated carbocycles. The number of anilines is 2. The van der Waals surface area contributed by atoms with Crippen LogP contribution in [0.2, 0.25) is 5.02 Å². The van der Waals surface area contributed by atoms with Crippen molar-refractivity contribution in [3.63, 3.8) is 0 Å². The molecule has 1 saturated heterocycles. The Bertz CT molecular complexity index is 1070. The highest BCUT2D eigenvalue weighted by Gasteiger charge is 2.29. The summed E-state index contributed by atoms with van der Waals surface area (Å²) >= 11 is 6.99. The molecule has 8 nitrogen and oxygen atoms in total. The van der Waals surface area contributed by atoms with Crippen molar-refractivity contribution in [2.24, 2.45) is 5.92 Å². The normalized spacial score (nSPS) is 16.8. The van der Waals surface area contributed by atoms with E-state index < -0.39 is 10.0 Å². The summed E-state index contributed by atoms with van der Waals surface area (Å²) in [5.41, 5.74) is 0.615. The van der Waals surface area contributed by atoms with Gasteiger partial charge in [0.2, 0.25) is 5.91 Å². The molecule has 3 amide bonds. The Morgan fingerprint density at radius 2 is 1.94 bits per heavy atom. The van der Waals surface area contributed by atoms with E-state index >= 15 is 0 Å². The lowest BCUT2D eigenvalue weighted by Gasteiger charge is -2.31. The molecule has 1 atom stereocenters. The minimum absolute atomic E-state index is 0.159. The molecule has 0 bridgehead atoms. The molecule has 2 heterocycles. The topological polar surface area (TPSA) is 98.8 Å². The van der Waals surface area contributed by atoms with Gasteiger partial charge in [0.1, 0.15) is 4.21 Å². The molecule has 1 aliphatic rings. The quantitative estimate of drug-likeness (QED) is 0.594. The van der Waals surface area contributed by atoms with E-state index in [1.54, 1.807) is 49.1 Å². The smallest absolute Gasteiger partial charge is 0.322 e. The number of hydrogen-bond acceptors (Lipinski definition) is 5. The number of nitrogens with one attached hydrogen (secondary N) is 2. The summed E-state index contributed by atoms with van der Waals surface area (Å²) in [7, 11) is -3.57. The molecular weight excluding hydrogens is 472 g/mol. The number of rotatable bonds is 7. The number of hydrogen-bond donors (Lipinski definition) is 2. The zero-order chi connectivity index (χ0) is 23.3. The molecule has 1 fully saturated rings. The van der Waals surface area contributed by atoms with Crippen LogP contribution in [-0.2, 0) is 14.8 Å². The zero-order valence-electron chi connectivity index (χ0n) is 18.0. The molecule has 0 radical (unpaired) electrons. The van der Waals surface area contributed by atoms with Crippen LogP contribution < -0.4 is 10.6 Å². The number of nitrogens with zero attached hydrogens (tertiary/aromatic N) is 2. The minimum atomic E-state index is -3.57. The third-order valence-electron chi connectivity index (χ3n) is 5.28. The van der Waals surface area contributed by atoms with Crippen LogP contribution in [0.4, 0.5) is 15.5 Å². The number of likely N-dealkylation sites (tertiary alicyclic amines) is 1. The number of carbonyl (C=O) groups excluding carboxylic acids is 2. The molecule has 0 spiro atoms. The average molecular weight is 499 g/mol. The number of urea groups is 1. The van der Waals surface area contributed by atoms with E-state index in [2.05, 4.69) is 10.6 Å². The molecule has 174 valence electrons. The number of piperidine rings is 1. The minimum Gasteiger partial charge on any atom is -0.326 e. The van der Waals surface area contributed by atoms with Crippen molar-refractivity contribution in [1.29, 1.82) is 0 Å². The summed E-state index contributed by atoms with van der Waals surface area (Å²) in [5, 5.41) is 6.60. The number of thiophene rings is 1. The highest BCUT2D eigenvalue weighted by molar-refractivity contribution is 7.91. The van der Waals surface area contributed by atoms with Crippen LogP contribution in [0, 0.1) is 5.92 Å². The van der Waals surface area contributed by atoms with Crippen molar-refractivity contribution in [1.82, 2.24) is 9.21 Å². The molecule has 1 aromatic heterocycles. The first kappa shape index (κ1) is 24.5. The summed E-state index contributed by atoms with van der Waals surface area (Å²) in [4.78, 5) is 27.0. The fourth-order valence-electron chi connectivity index (χ4n) is 3.59. The molecule has 1 aliphatic heterocycles. The van der Waals surface area contributed by atoms with E-state index in [4.69, 9.17) is 11.6 Å². The first-order valence-corrected chi connectivity index (χ1v) is 13.1. The maximum absolute atomic E-state index is 12.8. The molecule has 2 aromatic rings. The van der Waals surface area contributed by atoms with Crippen molar-refractivity contribution in [3.05, 3.63) is 41.4 Å². The van der Waals surface area contributed by atoms with Crippen molar-refractivity contribution < 1.29 is 18.0 Å². The van der Waals surface area contributed by atoms with E-state index in [9.17, 15) is 18.0 Å². The molecule has 3 rings (SSSR count). The van der Waals surface area contributed by atoms with Crippen LogP contribution in [0.3, 0.4) is 0 Å². The Labute approximate surface area is 197 Å². The fraction of sp³-hybridized carbons (Fsp3) is 0.429. The maximum atomic E-state index is 12.8. The van der Waals surface area contributed by atoms with Crippen LogP contribution in [-0.4, -0.2) is 55.7 Å². The van der Waals surface area contributed by atoms with Gasteiger partial charge in [-0.2, -0.15) is 4.31 Å². The van der Waals surface area contributed by atoms with E-state index in [0.717, 1.165) is 11.3 Å². The average Bonchev–Trinajstić information content (AvgIpc) is 3.24. The first-order valence-electron chi connectivity index (χ1n) is 10.5. The van der Waals surface area contributed by atoms with Crippen LogP contribution in [0.5, 0.6) is 0 Å². The van der Waals surface area contributed by atoms with Gasteiger partial charge in [0, 0.05) is 36.9 Å². The second-order valence-corrected chi connectivity index (χ2v) is 11.1. The Morgan fingerprint density at radius 1 is 1.19 bits per heavy atom. The van der Waals surface area contributed by atoms with Gasteiger partial charge in [0.25, 0.3) is 10.0 Å². The summed E-state index contributed by atoms with van der Waals surface area (Å²) in [6.45, 7) is 5.14. The predicted octanol–water partition coefficient (Wildman–Crippen LogP) is 4.31. The third kappa shape index (κ3) is 5.80. The van der Waals surface area contributed by atoms with E-state index in [-0.39, 0.29) is 28.6 Å². The Kier molecular flexibility index (Phi) is 8.16. The molecule has 0 unspecified atom stereocenters. The summed E-state index contributed by atoms with van der Waals surface area (Å²) < 4.78 is 26.9. The Morgan fingerprint density at radius 3 is 2.62 bits per heavy atom. The van der Waals surface area contributed by atoms with Crippen molar-refractivity contribution in [2.45, 2.75) is 30.9 Å². The van der Waals surface area contributed by atoms with Crippen LogP contribution >= 0.6 is 22.9 Å². The van der Waals surface area contributed by atoms with Gasteiger partial charge < -0.3 is 10.2 Å². The van der Waals surface area contributed by atoms with Gasteiger partial charge in [-0.3, -0.25) is 10.1 Å². The van der Waals surface area contributed by atoms with Crippen LogP contribution in [0.15, 0.2) is 40.6 Å². The standard InChI is InChI=1S/C21H27ClN4O4S2/c1-3-26(4-2)32(29,30)19-11-10-18(31-19)24-21(28)25-12-6-7-15(14-25)20(27)23-17-9-5-8-16(22)13-17/h5,8-11,13,15H,3-4,6-7,12,14H2,1-2H3,(H,23,27)(H,24,28)/t15-/m1/s1. The molecule has 0 aliphatic carbocycles. The summed E-state index contributed by atoms with van der Waals surface area (Å²) in [6.07, 6.45) is 1.38. The Balaban J connectivity index is 1.61. The summed E-state index contributed by atoms with van der Waals surface area (Å²) in [5.74, 6) is -0.496. The van der Waals surface area contributed by atoms with Gasteiger partial charge >= 0.3 is 6.03 Å². The Hall–Kier alpha value is -2.14. The summed E-state index contributed by atoms with van der Waals surface area (Å²) in [6, 6.07) is 9.67. The monoisotopic (exact) mass is 498 g/mol. The molecule has 1 aromatic carbocycles. The van der Waals surface area contributed by atoms with Crippen LogP contribution in [0.1, 0.15) is 26.7 Å². The number of carbonyl (C=O) groups is 2. The third-order valence-corrected chi connectivity index (χ3v) is 9.04. The van der Waals surface area contributed by atoms with E-state index in [0.29, 0.717) is 48.2 Å².